The molecule has 0 unspecified atom stereocenters. The number of carbonyl (C=O) groups is 2. The van der Waals surface area contributed by atoms with Crippen molar-refractivity contribution in [1.29, 1.82) is 0 Å². The van der Waals surface area contributed by atoms with Crippen LogP contribution in [0.1, 0.15) is 37.8 Å². The SMILES string of the molecule is CCc1cccc(CC)c1-n1c(SCC(=O)NC(=O)NC2CC2)nnc1-c1cccnc1. The minimum absolute atomic E-state index is 0.0546. The van der Waals surface area contributed by atoms with Crippen LogP contribution in [0.3, 0.4) is 0 Å². The minimum Gasteiger partial charge on any atom is -0.335 e. The summed E-state index contributed by atoms with van der Waals surface area (Å²) in [5, 5.41) is 14.6. The first-order valence-electron chi connectivity index (χ1n) is 10.8. The van der Waals surface area contributed by atoms with Crippen LogP contribution in [-0.4, -0.2) is 43.5 Å². The van der Waals surface area contributed by atoms with Crippen LogP contribution in [0.5, 0.6) is 0 Å². The van der Waals surface area contributed by atoms with E-state index in [1.54, 1.807) is 12.4 Å². The van der Waals surface area contributed by atoms with E-state index in [9.17, 15) is 9.59 Å². The molecule has 2 heterocycles. The van der Waals surface area contributed by atoms with Gasteiger partial charge in [0.25, 0.3) is 0 Å². The highest BCUT2D eigenvalue weighted by atomic mass is 32.2. The number of aryl methyl sites for hydroxylation is 2. The summed E-state index contributed by atoms with van der Waals surface area (Å²) in [6, 6.07) is 9.82. The zero-order valence-electron chi connectivity index (χ0n) is 18.2. The quantitative estimate of drug-likeness (QED) is 0.509. The maximum Gasteiger partial charge on any atom is 0.321 e. The Kier molecular flexibility index (Phi) is 6.84. The predicted octanol–water partition coefficient (Wildman–Crippen LogP) is 3.53. The van der Waals surface area contributed by atoms with Crippen LogP contribution < -0.4 is 10.6 Å². The first kappa shape index (κ1) is 22.0. The van der Waals surface area contributed by atoms with Crippen molar-refractivity contribution in [2.75, 3.05) is 5.75 Å². The second-order valence-electron chi connectivity index (χ2n) is 7.60. The predicted molar refractivity (Wildman–Crippen MR) is 124 cm³/mol. The van der Waals surface area contributed by atoms with Crippen LogP contribution in [-0.2, 0) is 17.6 Å². The number of para-hydroxylation sites is 1. The van der Waals surface area contributed by atoms with E-state index in [1.165, 1.54) is 22.9 Å². The monoisotopic (exact) mass is 450 g/mol. The number of hydrogen-bond acceptors (Lipinski definition) is 6. The molecule has 0 bridgehead atoms. The molecule has 3 aromatic rings. The standard InChI is InChI=1S/C23H26N6O2S/c1-3-15-7-5-8-16(4-2)20(15)29-21(17-9-6-12-24-13-17)27-28-23(29)32-14-19(30)26-22(31)25-18-10-11-18/h5-9,12-13,18H,3-4,10-11,14H2,1-2H3,(H2,25,26,30,31). The van der Waals surface area contributed by atoms with Crippen molar-refractivity contribution in [3.8, 4) is 17.1 Å². The van der Waals surface area contributed by atoms with Crippen molar-refractivity contribution >= 4 is 23.7 Å². The van der Waals surface area contributed by atoms with E-state index < -0.39 is 6.03 Å². The van der Waals surface area contributed by atoms with Gasteiger partial charge in [-0.1, -0.05) is 43.8 Å². The Hall–Kier alpha value is -3.20. The Morgan fingerprint density at radius 1 is 1.09 bits per heavy atom. The average Bonchev–Trinajstić information content (AvgIpc) is 3.52. The number of amides is 3. The third kappa shape index (κ3) is 4.99. The molecular weight excluding hydrogens is 424 g/mol. The highest BCUT2D eigenvalue weighted by Crippen LogP contribution is 2.32. The lowest BCUT2D eigenvalue weighted by Gasteiger charge is -2.17. The summed E-state index contributed by atoms with van der Waals surface area (Å²) in [5.74, 6) is 0.354. The third-order valence-corrected chi connectivity index (χ3v) is 6.17. The minimum atomic E-state index is -0.444. The maximum atomic E-state index is 12.3. The maximum absolute atomic E-state index is 12.3. The number of benzene rings is 1. The van der Waals surface area contributed by atoms with Crippen LogP contribution in [0.2, 0.25) is 0 Å². The van der Waals surface area contributed by atoms with Gasteiger partial charge in [0.1, 0.15) is 0 Å². The van der Waals surface area contributed by atoms with Crippen LogP contribution >= 0.6 is 11.8 Å². The molecule has 9 heteroatoms. The molecule has 0 radical (unpaired) electrons. The Morgan fingerprint density at radius 3 is 2.47 bits per heavy atom. The average molecular weight is 451 g/mol. The van der Waals surface area contributed by atoms with Crippen molar-refractivity contribution in [2.45, 2.75) is 50.7 Å². The number of rotatable bonds is 8. The number of hydrogen-bond donors (Lipinski definition) is 2. The number of aromatic nitrogens is 4. The van der Waals surface area contributed by atoms with E-state index in [0.717, 1.165) is 36.9 Å². The Morgan fingerprint density at radius 2 is 1.84 bits per heavy atom. The van der Waals surface area contributed by atoms with Crippen LogP contribution in [0.4, 0.5) is 4.79 Å². The molecule has 0 aliphatic heterocycles. The molecule has 1 aliphatic rings. The van der Waals surface area contributed by atoms with Crippen LogP contribution in [0.15, 0.2) is 47.9 Å². The summed E-state index contributed by atoms with van der Waals surface area (Å²) in [7, 11) is 0. The van der Waals surface area contributed by atoms with Crippen LogP contribution in [0, 0.1) is 0 Å². The third-order valence-electron chi connectivity index (χ3n) is 5.24. The number of imide groups is 1. The van der Waals surface area contributed by atoms with E-state index in [2.05, 4.69) is 57.9 Å². The smallest absolute Gasteiger partial charge is 0.321 e. The largest absolute Gasteiger partial charge is 0.335 e. The number of nitrogens with one attached hydrogen (secondary N) is 2. The molecule has 1 aliphatic carbocycles. The highest BCUT2D eigenvalue weighted by Gasteiger charge is 2.25. The first-order valence-corrected chi connectivity index (χ1v) is 11.8. The number of carbonyl (C=O) groups excluding carboxylic acids is 2. The summed E-state index contributed by atoms with van der Waals surface area (Å²) >= 11 is 1.26. The van der Waals surface area contributed by atoms with Gasteiger partial charge >= 0.3 is 6.03 Å². The molecule has 4 rings (SSSR count). The Labute approximate surface area is 191 Å². The molecule has 1 fully saturated rings. The summed E-state index contributed by atoms with van der Waals surface area (Å²) in [5.41, 5.74) is 4.22. The summed E-state index contributed by atoms with van der Waals surface area (Å²) in [6.45, 7) is 4.23. The van der Waals surface area contributed by atoms with Crippen molar-refractivity contribution in [2.24, 2.45) is 0 Å². The van der Waals surface area contributed by atoms with E-state index in [0.29, 0.717) is 11.0 Å². The summed E-state index contributed by atoms with van der Waals surface area (Å²) < 4.78 is 2.01. The molecule has 3 amide bonds. The zero-order chi connectivity index (χ0) is 22.5. The van der Waals surface area contributed by atoms with Gasteiger partial charge in [0, 0.05) is 24.0 Å². The zero-order valence-corrected chi connectivity index (χ0v) is 19.0. The first-order chi connectivity index (χ1) is 15.6. The lowest BCUT2D eigenvalue weighted by atomic mass is 10.0. The highest BCUT2D eigenvalue weighted by molar-refractivity contribution is 7.99. The van der Waals surface area contributed by atoms with E-state index in [4.69, 9.17) is 0 Å². The second kappa shape index (κ2) is 9.95. The Bertz CT molecular complexity index is 1090. The topological polar surface area (TPSA) is 102 Å². The molecular formula is C23H26N6O2S. The molecule has 1 saturated carbocycles. The van der Waals surface area contributed by atoms with Gasteiger partial charge in [0.15, 0.2) is 11.0 Å². The van der Waals surface area contributed by atoms with E-state index in [-0.39, 0.29) is 17.7 Å². The van der Waals surface area contributed by atoms with E-state index >= 15 is 0 Å². The van der Waals surface area contributed by atoms with Gasteiger partial charge in [-0.05, 0) is 48.9 Å². The number of nitrogens with zero attached hydrogens (tertiary/aromatic N) is 4. The molecule has 32 heavy (non-hydrogen) atoms. The molecule has 8 nitrogen and oxygen atoms in total. The molecule has 0 saturated heterocycles. The number of urea groups is 1. The van der Waals surface area contributed by atoms with Gasteiger partial charge < -0.3 is 5.32 Å². The normalized spacial score (nSPS) is 13.1. The van der Waals surface area contributed by atoms with Crippen molar-refractivity contribution in [3.63, 3.8) is 0 Å². The molecule has 166 valence electrons. The fraction of sp³-hybridized carbons (Fsp3) is 0.348. The van der Waals surface area contributed by atoms with Crippen molar-refractivity contribution in [1.82, 2.24) is 30.4 Å². The van der Waals surface area contributed by atoms with Gasteiger partial charge in [-0.15, -0.1) is 10.2 Å². The van der Waals surface area contributed by atoms with Crippen molar-refractivity contribution in [3.05, 3.63) is 53.9 Å². The van der Waals surface area contributed by atoms with Gasteiger partial charge in [0.2, 0.25) is 5.91 Å². The van der Waals surface area contributed by atoms with Gasteiger partial charge in [0.05, 0.1) is 11.4 Å². The van der Waals surface area contributed by atoms with Crippen molar-refractivity contribution < 1.29 is 9.59 Å². The second-order valence-corrected chi connectivity index (χ2v) is 8.54. The number of pyridine rings is 1. The van der Waals surface area contributed by atoms with Crippen LogP contribution in [0.25, 0.3) is 17.1 Å². The van der Waals surface area contributed by atoms with Gasteiger partial charge in [-0.25, -0.2) is 4.79 Å². The molecule has 1 aromatic carbocycles. The lowest BCUT2D eigenvalue weighted by molar-refractivity contribution is -0.117. The molecule has 2 N–H and O–H groups in total. The van der Waals surface area contributed by atoms with E-state index in [1.807, 2.05) is 16.7 Å². The molecule has 0 atom stereocenters. The van der Waals surface area contributed by atoms with Gasteiger partial charge in [-0.2, -0.15) is 0 Å². The summed E-state index contributed by atoms with van der Waals surface area (Å²) in [6.07, 6.45) is 7.10. The number of thioether (sulfide) groups is 1. The summed E-state index contributed by atoms with van der Waals surface area (Å²) in [4.78, 5) is 28.4. The fourth-order valence-electron chi connectivity index (χ4n) is 3.49. The van der Waals surface area contributed by atoms with Gasteiger partial charge in [-0.3, -0.25) is 19.7 Å². The Balaban J connectivity index is 1.66. The fourth-order valence-corrected chi connectivity index (χ4v) is 4.23. The molecule has 2 aromatic heterocycles. The molecule has 0 spiro atoms. The lowest BCUT2D eigenvalue weighted by Crippen LogP contribution is -2.41.